The van der Waals surface area contributed by atoms with E-state index in [0.29, 0.717) is 30.3 Å². The Labute approximate surface area is 170 Å². The van der Waals surface area contributed by atoms with Crippen LogP contribution in [0.1, 0.15) is 30.7 Å². The van der Waals surface area contributed by atoms with Crippen molar-refractivity contribution in [2.45, 2.75) is 38.7 Å². The first kappa shape index (κ1) is 19.6. The molecule has 7 heteroatoms. The summed E-state index contributed by atoms with van der Waals surface area (Å²) in [6, 6.07) is 9.58. The van der Waals surface area contributed by atoms with Gasteiger partial charge in [0, 0.05) is 31.7 Å². The van der Waals surface area contributed by atoms with Gasteiger partial charge in [0.05, 0.1) is 24.1 Å². The summed E-state index contributed by atoms with van der Waals surface area (Å²) in [7, 11) is 0. The van der Waals surface area contributed by atoms with Gasteiger partial charge in [-0.15, -0.1) is 0 Å². The van der Waals surface area contributed by atoms with Gasteiger partial charge in [-0.05, 0) is 38.3 Å². The predicted molar refractivity (Wildman–Crippen MR) is 107 cm³/mol. The number of hydrogen-bond acceptors (Lipinski definition) is 5. The third-order valence-corrected chi connectivity index (χ3v) is 5.90. The molecule has 29 heavy (non-hydrogen) atoms. The highest BCUT2D eigenvalue weighted by Gasteiger charge is 2.38. The molecule has 0 saturated carbocycles. The van der Waals surface area contributed by atoms with Crippen LogP contribution in [0.25, 0.3) is 11.5 Å². The van der Waals surface area contributed by atoms with E-state index in [4.69, 9.17) is 4.42 Å². The zero-order chi connectivity index (χ0) is 20.4. The summed E-state index contributed by atoms with van der Waals surface area (Å²) in [6.07, 6.45) is 1.87. The van der Waals surface area contributed by atoms with Gasteiger partial charge in [0.15, 0.2) is 0 Å². The van der Waals surface area contributed by atoms with Crippen molar-refractivity contribution < 1.29 is 19.1 Å². The largest absolute Gasteiger partial charge is 0.441 e. The summed E-state index contributed by atoms with van der Waals surface area (Å²) < 4.78 is 5.75. The Morgan fingerprint density at radius 2 is 1.86 bits per heavy atom. The van der Waals surface area contributed by atoms with Crippen molar-refractivity contribution in [3.05, 3.63) is 41.8 Å². The summed E-state index contributed by atoms with van der Waals surface area (Å²) in [5.41, 5.74) is 1.48. The van der Waals surface area contributed by atoms with E-state index in [1.165, 1.54) is 0 Å². The van der Waals surface area contributed by atoms with E-state index in [1.54, 1.807) is 4.90 Å². The van der Waals surface area contributed by atoms with E-state index in [1.807, 2.05) is 42.2 Å². The minimum absolute atomic E-state index is 0.0310. The molecule has 0 unspecified atom stereocenters. The average molecular weight is 397 g/mol. The lowest BCUT2D eigenvalue weighted by Gasteiger charge is -2.37. The molecule has 1 aromatic heterocycles. The van der Waals surface area contributed by atoms with E-state index < -0.39 is 12.0 Å². The predicted octanol–water partition coefficient (Wildman–Crippen LogP) is 2.02. The molecule has 154 valence electrons. The first-order chi connectivity index (χ1) is 14.0. The van der Waals surface area contributed by atoms with Gasteiger partial charge in [-0.3, -0.25) is 9.59 Å². The van der Waals surface area contributed by atoms with Gasteiger partial charge in [-0.1, -0.05) is 18.2 Å². The number of amides is 2. The zero-order valence-electron chi connectivity index (χ0n) is 16.7. The number of piperidine rings is 1. The van der Waals surface area contributed by atoms with Crippen LogP contribution < -0.4 is 0 Å². The molecule has 3 heterocycles. The van der Waals surface area contributed by atoms with Crippen molar-refractivity contribution in [3.63, 3.8) is 0 Å². The maximum Gasteiger partial charge on any atom is 0.230 e. The molecule has 0 aliphatic carbocycles. The maximum absolute atomic E-state index is 12.9. The standard InChI is InChI=1S/C22H27N3O4/c1-15-18(23-21(29-15)16-7-3-2-4-8-16)13-20(27)25-12-9-19(26)17(14-25)22(28)24-10-5-6-11-24/h2-4,7-8,17,19,26H,5-6,9-14H2,1H3/t17-,19+/m0/s1. The van der Waals surface area contributed by atoms with E-state index >= 15 is 0 Å². The fourth-order valence-electron chi connectivity index (χ4n) is 4.13. The highest BCUT2D eigenvalue weighted by atomic mass is 16.4. The highest BCUT2D eigenvalue weighted by molar-refractivity contribution is 5.83. The molecule has 2 aromatic rings. The number of nitrogens with zero attached hydrogens (tertiary/aromatic N) is 3. The quantitative estimate of drug-likeness (QED) is 0.853. The number of rotatable bonds is 4. The summed E-state index contributed by atoms with van der Waals surface area (Å²) in [5.74, 6) is 0.466. The summed E-state index contributed by atoms with van der Waals surface area (Å²) in [5, 5.41) is 10.3. The Morgan fingerprint density at radius 3 is 2.59 bits per heavy atom. The van der Waals surface area contributed by atoms with Crippen LogP contribution in [0.5, 0.6) is 0 Å². The van der Waals surface area contributed by atoms with Gasteiger partial charge in [-0.2, -0.15) is 0 Å². The Balaban J connectivity index is 1.43. The van der Waals surface area contributed by atoms with Crippen molar-refractivity contribution in [2.75, 3.05) is 26.2 Å². The molecule has 0 spiro atoms. The first-order valence-electron chi connectivity index (χ1n) is 10.3. The third-order valence-electron chi connectivity index (χ3n) is 5.90. The minimum atomic E-state index is -0.689. The van der Waals surface area contributed by atoms with E-state index in [2.05, 4.69) is 4.98 Å². The number of oxazole rings is 1. The maximum atomic E-state index is 12.9. The Bertz CT molecular complexity index is 873. The van der Waals surface area contributed by atoms with Crippen LogP contribution in [0.15, 0.2) is 34.7 Å². The molecular weight excluding hydrogens is 370 g/mol. The van der Waals surface area contributed by atoms with Gasteiger partial charge in [0.25, 0.3) is 0 Å². The molecule has 0 radical (unpaired) electrons. The van der Waals surface area contributed by atoms with Crippen LogP contribution in [-0.4, -0.2) is 64.0 Å². The van der Waals surface area contributed by atoms with Crippen molar-refractivity contribution in [2.24, 2.45) is 5.92 Å². The van der Waals surface area contributed by atoms with Crippen molar-refractivity contribution >= 4 is 11.8 Å². The summed E-state index contributed by atoms with van der Waals surface area (Å²) >= 11 is 0. The minimum Gasteiger partial charge on any atom is -0.441 e. The molecule has 7 nitrogen and oxygen atoms in total. The Hall–Kier alpha value is -2.67. The Kier molecular flexibility index (Phi) is 5.67. The molecule has 2 atom stereocenters. The van der Waals surface area contributed by atoms with Crippen molar-refractivity contribution in [1.29, 1.82) is 0 Å². The summed E-state index contributed by atoms with van der Waals surface area (Å²) in [4.78, 5) is 33.7. The normalized spacial score (nSPS) is 22.1. The lowest BCUT2D eigenvalue weighted by molar-refractivity contribution is -0.145. The molecule has 2 aliphatic heterocycles. The summed E-state index contributed by atoms with van der Waals surface area (Å²) in [6.45, 7) is 4.01. The SMILES string of the molecule is Cc1oc(-c2ccccc2)nc1CC(=O)N1CC[C@@H](O)[C@@H](C(=O)N2CCCC2)C1. The van der Waals surface area contributed by atoms with Gasteiger partial charge >= 0.3 is 0 Å². The molecule has 2 aliphatic rings. The monoisotopic (exact) mass is 397 g/mol. The molecule has 2 fully saturated rings. The number of aliphatic hydroxyl groups is 1. The van der Waals surface area contributed by atoms with Gasteiger partial charge < -0.3 is 19.3 Å². The van der Waals surface area contributed by atoms with Gasteiger partial charge in [0.1, 0.15) is 5.76 Å². The fraction of sp³-hybridized carbons (Fsp3) is 0.500. The molecule has 4 rings (SSSR count). The molecule has 2 amide bonds. The van der Waals surface area contributed by atoms with Crippen LogP contribution in [0, 0.1) is 12.8 Å². The van der Waals surface area contributed by atoms with E-state index in [-0.39, 0.29) is 24.8 Å². The smallest absolute Gasteiger partial charge is 0.230 e. The number of carbonyl (C=O) groups excluding carboxylic acids is 2. The van der Waals surface area contributed by atoms with Crippen LogP contribution in [0.2, 0.25) is 0 Å². The molecule has 0 bridgehead atoms. The van der Waals surface area contributed by atoms with Gasteiger partial charge in [-0.25, -0.2) is 4.98 Å². The van der Waals surface area contributed by atoms with E-state index in [0.717, 1.165) is 31.5 Å². The lowest BCUT2D eigenvalue weighted by atomic mass is 9.93. The molecular formula is C22H27N3O4. The molecule has 2 saturated heterocycles. The fourth-order valence-corrected chi connectivity index (χ4v) is 4.13. The zero-order valence-corrected chi connectivity index (χ0v) is 16.7. The highest BCUT2D eigenvalue weighted by Crippen LogP contribution is 2.25. The third kappa shape index (κ3) is 4.19. The second-order valence-electron chi connectivity index (χ2n) is 7.90. The number of aromatic nitrogens is 1. The number of carbonyl (C=O) groups is 2. The van der Waals surface area contributed by atoms with Gasteiger partial charge in [0.2, 0.25) is 17.7 Å². The lowest BCUT2D eigenvalue weighted by Crippen LogP contribution is -2.52. The molecule has 1 N–H and O–H groups in total. The number of hydrogen-bond donors (Lipinski definition) is 1. The van der Waals surface area contributed by atoms with Crippen molar-refractivity contribution in [1.82, 2.24) is 14.8 Å². The van der Waals surface area contributed by atoms with Crippen LogP contribution in [0.3, 0.4) is 0 Å². The number of benzene rings is 1. The second-order valence-corrected chi connectivity index (χ2v) is 7.90. The number of likely N-dealkylation sites (tertiary alicyclic amines) is 2. The average Bonchev–Trinajstić information content (AvgIpc) is 3.39. The Morgan fingerprint density at radius 1 is 1.14 bits per heavy atom. The topological polar surface area (TPSA) is 86.9 Å². The first-order valence-corrected chi connectivity index (χ1v) is 10.3. The molecule has 1 aromatic carbocycles. The second kappa shape index (κ2) is 8.37. The van der Waals surface area contributed by atoms with E-state index in [9.17, 15) is 14.7 Å². The van der Waals surface area contributed by atoms with Crippen LogP contribution in [0.4, 0.5) is 0 Å². The van der Waals surface area contributed by atoms with Crippen molar-refractivity contribution in [3.8, 4) is 11.5 Å². The number of aliphatic hydroxyl groups excluding tert-OH is 1. The van der Waals surface area contributed by atoms with Crippen LogP contribution in [-0.2, 0) is 16.0 Å². The number of aryl methyl sites for hydroxylation is 1. The van der Waals surface area contributed by atoms with Crippen LogP contribution >= 0.6 is 0 Å².